The minimum Gasteiger partial charge on any atom is -0.405 e. The normalized spacial score (nSPS) is 15.4. The lowest BCUT2D eigenvalue weighted by atomic mass is 9.88. The Morgan fingerprint density at radius 2 is 1.97 bits per heavy atom. The third kappa shape index (κ3) is 6.62. The Morgan fingerprint density at radius 3 is 2.59 bits per heavy atom. The van der Waals surface area contributed by atoms with E-state index in [1.807, 2.05) is 13.8 Å². The molecule has 3 rings (SSSR count). The highest BCUT2D eigenvalue weighted by Crippen LogP contribution is 2.32. The molecule has 0 atom stereocenters. The number of nitrogens with two attached hydrogens (primary N) is 3. The fourth-order valence-electron chi connectivity index (χ4n) is 3.67. The van der Waals surface area contributed by atoms with E-state index in [0.29, 0.717) is 44.8 Å². The van der Waals surface area contributed by atoms with Crippen LogP contribution in [-0.2, 0) is 10.2 Å². The maximum absolute atomic E-state index is 15.1. The summed E-state index contributed by atoms with van der Waals surface area (Å²) < 4.78 is 15.1. The minimum absolute atomic E-state index is 0.0305. The summed E-state index contributed by atoms with van der Waals surface area (Å²) >= 11 is 0. The van der Waals surface area contributed by atoms with Crippen molar-refractivity contribution in [1.29, 1.82) is 0 Å². The monoisotopic (exact) mass is 497 g/mol. The molecule has 1 fully saturated rings. The molecule has 0 radical (unpaired) electrons. The van der Waals surface area contributed by atoms with Crippen LogP contribution in [0.15, 0.2) is 77.2 Å². The Bertz CT molecular complexity index is 1390. The number of carbonyl (C=O) groups is 1. The van der Waals surface area contributed by atoms with E-state index in [2.05, 4.69) is 15.9 Å². The Kier molecular flexibility index (Phi) is 8.46. The maximum atomic E-state index is 15.1. The highest BCUT2D eigenvalue weighted by Gasteiger charge is 2.28. The summed E-state index contributed by atoms with van der Waals surface area (Å²) in [6.45, 7) is 5.54. The number of hydrogen-bond acceptors (Lipinski definition) is 5. The lowest BCUT2D eigenvalue weighted by molar-refractivity contribution is -0.118. The molecular weight excluding hydrogens is 465 g/mol. The van der Waals surface area contributed by atoms with E-state index in [9.17, 15) is 4.79 Å². The SMILES string of the molecule is C#CC(C)(C)c1cc(-c2cc(/C(N)=C/C(=C\N)C(/C=C/N)=C/C=NC(=O)C3CC3)c(C)cc2F)ccn1. The number of halogens is 1. The minimum atomic E-state index is -0.606. The molecule has 190 valence electrons. The molecule has 37 heavy (non-hydrogen) atoms. The van der Waals surface area contributed by atoms with Crippen LogP contribution < -0.4 is 17.2 Å². The molecule has 1 heterocycles. The molecule has 1 aromatic carbocycles. The Balaban J connectivity index is 2.00. The molecule has 1 saturated carbocycles. The van der Waals surface area contributed by atoms with E-state index in [1.54, 1.807) is 49.5 Å². The third-order valence-corrected chi connectivity index (χ3v) is 6.18. The van der Waals surface area contributed by atoms with Gasteiger partial charge in [-0.1, -0.05) is 5.92 Å². The van der Waals surface area contributed by atoms with Gasteiger partial charge in [0.1, 0.15) is 5.82 Å². The summed E-state index contributed by atoms with van der Waals surface area (Å²) in [7, 11) is 0. The smallest absolute Gasteiger partial charge is 0.248 e. The van der Waals surface area contributed by atoms with Gasteiger partial charge in [0, 0.05) is 41.4 Å². The number of hydrogen-bond donors (Lipinski definition) is 3. The van der Waals surface area contributed by atoms with Gasteiger partial charge in [-0.05, 0) is 105 Å². The lowest BCUT2D eigenvalue weighted by Crippen LogP contribution is -2.15. The van der Waals surface area contributed by atoms with Gasteiger partial charge in [0.15, 0.2) is 0 Å². The molecule has 0 spiro atoms. The number of carbonyl (C=O) groups excluding carboxylic acids is 1. The molecule has 7 heteroatoms. The first-order chi connectivity index (χ1) is 17.6. The topological polar surface area (TPSA) is 120 Å². The predicted molar refractivity (Wildman–Crippen MR) is 148 cm³/mol. The van der Waals surface area contributed by atoms with Gasteiger partial charge in [-0.2, -0.15) is 0 Å². The van der Waals surface area contributed by atoms with E-state index >= 15 is 4.39 Å². The van der Waals surface area contributed by atoms with Gasteiger partial charge >= 0.3 is 0 Å². The third-order valence-electron chi connectivity index (χ3n) is 6.18. The standard InChI is InChI=1S/C30H32FN5O/c1-5-30(3,4)28-16-22(10-12-35-28)25-17-24(19(2)14-26(25)31)27(34)15-23(18-33)20(8-11-32)9-13-36-29(37)21-6-7-21/h1,8-18,21H,6-7,32-34H2,2-4H3/b11-8+,20-9+,23-18+,27-15-,36-13?. The van der Waals surface area contributed by atoms with Crippen LogP contribution >= 0.6 is 0 Å². The van der Waals surface area contributed by atoms with Crippen molar-refractivity contribution in [3.63, 3.8) is 0 Å². The van der Waals surface area contributed by atoms with Gasteiger partial charge in [0.25, 0.3) is 0 Å². The first kappa shape index (κ1) is 27.2. The molecule has 0 unspecified atom stereocenters. The number of pyridine rings is 1. The molecule has 6 nitrogen and oxygen atoms in total. The van der Waals surface area contributed by atoms with Gasteiger partial charge in [0.05, 0.1) is 11.1 Å². The molecule has 0 saturated heterocycles. The largest absolute Gasteiger partial charge is 0.405 e. The molecule has 2 aromatic rings. The van der Waals surface area contributed by atoms with E-state index in [-0.39, 0.29) is 17.6 Å². The zero-order chi connectivity index (χ0) is 27.2. The number of amides is 1. The second-order valence-corrected chi connectivity index (χ2v) is 9.44. The van der Waals surface area contributed by atoms with Crippen molar-refractivity contribution in [1.82, 2.24) is 4.98 Å². The highest BCUT2D eigenvalue weighted by molar-refractivity contribution is 5.92. The Labute approximate surface area is 217 Å². The van der Waals surface area contributed by atoms with E-state index in [0.717, 1.165) is 12.8 Å². The van der Waals surface area contributed by atoms with Crippen LogP contribution in [0.25, 0.3) is 16.8 Å². The van der Waals surface area contributed by atoms with Gasteiger partial charge in [-0.3, -0.25) is 9.78 Å². The second kappa shape index (κ2) is 11.5. The van der Waals surface area contributed by atoms with Crippen molar-refractivity contribution in [3.05, 3.63) is 94.9 Å². The van der Waals surface area contributed by atoms with Crippen LogP contribution in [0.5, 0.6) is 0 Å². The Morgan fingerprint density at radius 1 is 1.24 bits per heavy atom. The van der Waals surface area contributed by atoms with Crippen molar-refractivity contribution < 1.29 is 9.18 Å². The van der Waals surface area contributed by atoms with Crippen molar-refractivity contribution in [2.75, 3.05) is 0 Å². The fraction of sp³-hybridized carbons (Fsp3) is 0.233. The molecule has 1 aromatic heterocycles. The average molecular weight is 498 g/mol. The van der Waals surface area contributed by atoms with E-state index in [4.69, 9.17) is 23.6 Å². The molecule has 6 N–H and O–H groups in total. The molecule has 0 aliphatic heterocycles. The number of aromatic nitrogens is 1. The second-order valence-electron chi connectivity index (χ2n) is 9.44. The van der Waals surface area contributed by atoms with E-state index in [1.165, 1.54) is 24.7 Å². The molecule has 0 bridgehead atoms. The summed E-state index contributed by atoms with van der Waals surface area (Å²) in [5.41, 5.74) is 21.9. The van der Waals surface area contributed by atoms with Gasteiger partial charge < -0.3 is 17.2 Å². The molecule has 1 aliphatic rings. The number of benzene rings is 1. The number of rotatable bonds is 8. The van der Waals surface area contributed by atoms with Gasteiger partial charge in [0.2, 0.25) is 5.91 Å². The quantitative estimate of drug-likeness (QED) is 0.278. The summed E-state index contributed by atoms with van der Waals surface area (Å²) in [5.74, 6) is 2.22. The van der Waals surface area contributed by atoms with Crippen molar-refractivity contribution in [2.45, 2.75) is 39.0 Å². The van der Waals surface area contributed by atoms with Crippen LogP contribution in [0.2, 0.25) is 0 Å². The van der Waals surface area contributed by atoms with Gasteiger partial charge in [-0.15, -0.1) is 6.42 Å². The van der Waals surface area contributed by atoms with Crippen molar-refractivity contribution in [2.24, 2.45) is 28.1 Å². The van der Waals surface area contributed by atoms with Crippen LogP contribution in [0, 0.1) is 31.0 Å². The fourth-order valence-corrected chi connectivity index (χ4v) is 3.67. The maximum Gasteiger partial charge on any atom is 0.248 e. The first-order valence-electron chi connectivity index (χ1n) is 11.9. The molecular formula is C30H32FN5O. The van der Waals surface area contributed by atoms with Crippen LogP contribution in [0.1, 0.15) is 43.5 Å². The Hall–Kier alpha value is -4.44. The average Bonchev–Trinajstić information content (AvgIpc) is 3.72. The molecule has 1 amide bonds. The summed E-state index contributed by atoms with van der Waals surface area (Å²) in [6.07, 6.45) is 18.1. The van der Waals surface area contributed by atoms with E-state index < -0.39 is 5.41 Å². The summed E-state index contributed by atoms with van der Waals surface area (Å²) in [5, 5.41) is 0. The number of nitrogens with zero attached hydrogens (tertiary/aromatic N) is 2. The number of aliphatic imine (C=N–C) groups is 1. The number of terminal acetylenes is 1. The zero-order valence-electron chi connectivity index (χ0n) is 21.3. The van der Waals surface area contributed by atoms with Crippen molar-refractivity contribution >= 4 is 17.8 Å². The highest BCUT2D eigenvalue weighted by atomic mass is 19.1. The van der Waals surface area contributed by atoms with Gasteiger partial charge in [-0.25, -0.2) is 9.38 Å². The summed E-state index contributed by atoms with van der Waals surface area (Å²) in [4.78, 5) is 20.2. The lowest BCUT2D eigenvalue weighted by Gasteiger charge is -2.18. The van der Waals surface area contributed by atoms with Crippen LogP contribution in [-0.4, -0.2) is 17.1 Å². The molecule has 1 aliphatic carbocycles. The predicted octanol–water partition coefficient (Wildman–Crippen LogP) is 4.66. The number of allylic oxidation sites excluding steroid dienone is 5. The van der Waals surface area contributed by atoms with Crippen LogP contribution in [0.4, 0.5) is 4.39 Å². The first-order valence-corrected chi connectivity index (χ1v) is 11.9. The zero-order valence-corrected chi connectivity index (χ0v) is 21.3. The van der Waals surface area contributed by atoms with Crippen molar-refractivity contribution in [3.8, 4) is 23.5 Å². The number of aryl methyl sites for hydroxylation is 1. The van der Waals surface area contributed by atoms with Crippen LogP contribution in [0.3, 0.4) is 0 Å². The summed E-state index contributed by atoms with van der Waals surface area (Å²) in [6, 6.07) is 6.66.